The molecule has 0 unspecified atom stereocenters. The van der Waals surface area contributed by atoms with Crippen molar-refractivity contribution >= 4 is 5.97 Å². The van der Waals surface area contributed by atoms with Crippen LogP contribution in [0.1, 0.15) is 38.7 Å². The number of carbonyl (C=O) groups is 1. The summed E-state index contributed by atoms with van der Waals surface area (Å²) in [5, 5.41) is 0. The van der Waals surface area contributed by atoms with Crippen LogP contribution in [0.3, 0.4) is 0 Å². The van der Waals surface area contributed by atoms with Crippen molar-refractivity contribution in [3.63, 3.8) is 0 Å². The molecule has 1 aromatic rings. The van der Waals surface area contributed by atoms with Crippen molar-refractivity contribution in [3.05, 3.63) is 30.1 Å². The van der Waals surface area contributed by atoms with Crippen LogP contribution in [0, 0.1) is 0 Å². The number of carbonyl (C=O) groups excluding carboxylic acids is 1. The third-order valence-corrected chi connectivity index (χ3v) is 3.24. The van der Waals surface area contributed by atoms with Gasteiger partial charge in [-0.25, -0.2) is 0 Å². The predicted molar refractivity (Wildman–Crippen MR) is 61.0 cm³/mol. The van der Waals surface area contributed by atoms with Gasteiger partial charge in [-0.05, 0) is 31.0 Å². The molecule has 0 spiro atoms. The molecule has 0 N–H and O–H groups in total. The Bertz CT molecular complexity index is 377. The lowest BCUT2D eigenvalue weighted by atomic mass is 9.75. The summed E-state index contributed by atoms with van der Waals surface area (Å²) in [5.74, 6) is -0.0759. The van der Waals surface area contributed by atoms with Crippen LogP contribution < -0.4 is 0 Å². The second kappa shape index (κ2) is 4.24. The van der Waals surface area contributed by atoms with Crippen molar-refractivity contribution in [1.82, 2.24) is 4.98 Å². The third kappa shape index (κ3) is 1.70. The highest BCUT2D eigenvalue weighted by Crippen LogP contribution is 2.41. The molecule has 0 aliphatic carbocycles. The van der Waals surface area contributed by atoms with Gasteiger partial charge in [0.25, 0.3) is 0 Å². The van der Waals surface area contributed by atoms with Crippen LogP contribution in [0.4, 0.5) is 0 Å². The summed E-state index contributed by atoms with van der Waals surface area (Å²) in [6, 6.07) is 3.85. The highest BCUT2D eigenvalue weighted by atomic mass is 16.6. The number of esters is 1. The van der Waals surface area contributed by atoms with Gasteiger partial charge < -0.3 is 4.74 Å². The topological polar surface area (TPSA) is 39.2 Å². The van der Waals surface area contributed by atoms with Crippen molar-refractivity contribution in [2.24, 2.45) is 0 Å². The van der Waals surface area contributed by atoms with E-state index in [0.717, 1.165) is 24.8 Å². The quantitative estimate of drug-likeness (QED) is 0.733. The van der Waals surface area contributed by atoms with E-state index >= 15 is 0 Å². The molecule has 1 saturated heterocycles. The Morgan fingerprint density at radius 3 is 2.69 bits per heavy atom. The Balaban J connectivity index is 2.40. The van der Waals surface area contributed by atoms with Gasteiger partial charge in [0.2, 0.25) is 0 Å². The SMILES string of the molecule is CCC[C@]1(c2ccncc2)C[C@H](C)OC1=O. The molecule has 1 fully saturated rings. The summed E-state index contributed by atoms with van der Waals surface area (Å²) in [7, 11) is 0. The van der Waals surface area contributed by atoms with Crippen LogP contribution in [0.25, 0.3) is 0 Å². The van der Waals surface area contributed by atoms with Crippen molar-refractivity contribution in [2.45, 2.75) is 44.6 Å². The van der Waals surface area contributed by atoms with Gasteiger partial charge in [-0.15, -0.1) is 0 Å². The van der Waals surface area contributed by atoms with E-state index in [-0.39, 0.29) is 12.1 Å². The zero-order valence-corrected chi connectivity index (χ0v) is 9.77. The number of hydrogen-bond acceptors (Lipinski definition) is 3. The number of rotatable bonds is 3. The van der Waals surface area contributed by atoms with Gasteiger partial charge in [-0.1, -0.05) is 13.3 Å². The van der Waals surface area contributed by atoms with E-state index in [4.69, 9.17) is 4.74 Å². The molecule has 1 aliphatic rings. The molecule has 3 nitrogen and oxygen atoms in total. The van der Waals surface area contributed by atoms with E-state index in [1.54, 1.807) is 12.4 Å². The lowest BCUT2D eigenvalue weighted by molar-refractivity contribution is -0.145. The van der Waals surface area contributed by atoms with E-state index in [9.17, 15) is 4.79 Å². The first-order valence-electron chi connectivity index (χ1n) is 5.80. The fourth-order valence-electron chi connectivity index (χ4n) is 2.59. The minimum absolute atomic E-state index is 0.0206. The number of pyridine rings is 1. The van der Waals surface area contributed by atoms with Gasteiger partial charge >= 0.3 is 5.97 Å². The fraction of sp³-hybridized carbons (Fsp3) is 0.538. The maximum atomic E-state index is 12.1. The van der Waals surface area contributed by atoms with Gasteiger partial charge in [-0.2, -0.15) is 0 Å². The monoisotopic (exact) mass is 219 g/mol. The van der Waals surface area contributed by atoms with Gasteiger partial charge in [0.05, 0.1) is 5.41 Å². The molecule has 1 aliphatic heterocycles. The van der Waals surface area contributed by atoms with Crippen LogP contribution in [0.5, 0.6) is 0 Å². The number of aromatic nitrogens is 1. The lowest BCUT2D eigenvalue weighted by Crippen LogP contribution is -2.31. The molecular formula is C13H17NO2. The first-order chi connectivity index (χ1) is 7.69. The minimum Gasteiger partial charge on any atom is -0.462 e. The van der Waals surface area contributed by atoms with Crippen molar-refractivity contribution in [3.8, 4) is 0 Å². The predicted octanol–water partition coefficient (Wildman–Crippen LogP) is 2.45. The van der Waals surface area contributed by atoms with Crippen LogP contribution in [-0.4, -0.2) is 17.1 Å². The molecule has 2 rings (SSSR count). The summed E-state index contributed by atoms with van der Waals surface area (Å²) in [5.41, 5.74) is 0.607. The summed E-state index contributed by atoms with van der Waals surface area (Å²) >= 11 is 0. The van der Waals surface area contributed by atoms with Crippen LogP contribution in [-0.2, 0) is 14.9 Å². The van der Waals surface area contributed by atoms with Crippen molar-refractivity contribution in [1.29, 1.82) is 0 Å². The second-order valence-electron chi connectivity index (χ2n) is 4.49. The van der Waals surface area contributed by atoms with Gasteiger partial charge in [-0.3, -0.25) is 9.78 Å². The van der Waals surface area contributed by atoms with Gasteiger partial charge in [0, 0.05) is 18.8 Å². The van der Waals surface area contributed by atoms with E-state index in [1.165, 1.54) is 0 Å². The highest BCUT2D eigenvalue weighted by Gasteiger charge is 2.48. The highest BCUT2D eigenvalue weighted by molar-refractivity contribution is 5.85. The van der Waals surface area contributed by atoms with Gasteiger partial charge in [0.15, 0.2) is 0 Å². The minimum atomic E-state index is -0.433. The smallest absolute Gasteiger partial charge is 0.316 e. The molecule has 0 aromatic carbocycles. The normalized spacial score (nSPS) is 29.1. The van der Waals surface area contributed by atoms with Crippen LogP contribution in [0.2, 0.25) is 0 Å². The average molecular weight is 219 g/mol. The summed E-state index contributed by atoms with van der Waals surface area (Å²) < 4.78 is 5.32. The number of nitrogens with zero attached hydrogens (tertiary/aromatic N) is 1. The third-order valence-electron chi connectivity index (χ3n) is 3.24. The Hall–Kier alpha value is -1.38. The van der Waals surface area contributed by atoms with Crippen LogP contribution >= 0.6 is 0 Å². The number of ether oxygens (including phenoxy) is 1. The molecule has 16 heavy (non-hydrogen) atoms. The second-order valence-corrected chi connectivity index (χ2v) is 4.49. The van der Waals surface area contributed by atoms with E-state index < -0.39 is 5.41 Å². The van der Waals surface area contributed by atoms with E-state index in [1.807, 2.05) is 19.1 Å². The van der Waals surface area contributed by atoms with E-state index in [2.05, 4.69) is 11.9 Å². The molecule has 2 atom stereocenters. The lowest BCUT2D eigenvalue weighted by Gasteiger charge is -2.24. The summed E-state index contributed by atoms with van der Waals surface area (Å²) in [6.07, 6.45) is 6.10. The zero-order valence-electron chi connectivity index (χ0n) is 9.77. The molecule has 86 valence electrons. The van der Waals surface area contributed by atoms with Crippen molar-refractivity contribution in [2.75, 3.05) is 0 Å². The number of hydrogen-bond donors (Lipinski definition) is 0. The maximum absolute atomic E-state index is 12.1. The summed E-state index contributed by atoms with van der Waals surface area (Å²) in [6.45, 7) is 4.05. The number of cyclic esters (lactones) is 1. The average Bonchev–Trinajstić information content (AvgIpc) is 2.57. The molecule has 3 heteroatoms. The van der Waals surface area contributed by atoms with Gasteiger partial charge in [0.1, 0.15) is 6.10 Å². The molecule has 1 aromatic heterocycles. The molecule has 0 radical (unpaired) electrons. The largest absolute Gasteiger partial charge is 0.462 e. The Morgan fingerprint density at radius 2 is 2.19 bits per heavy atom. The molecular weight excluding hydrogens is 202 g/mol. The van der Waals surface area contributed by atoms with E-state index in [0.29, 0.717) is 0 Å². The first-order valence-corrected chi connectivity index (χ1v) is 5.80. The Kier molecular flexibility index (Phi) is 2.95. The first kappa shape index (κ1) is 11.1. The zero-order chi connectivity index (χ0) is 11.6. The molecule has 0 bridgehead atoms. The molecule has 2 heterocycles. The van der Waals surface area contributed by atoms with Crippen molar-refractivity contribution < 1.29 is 9.53 Å². The van der Waals surface area contributed by atoms with Crippen LogP contribution in [0.15, 0.2) is 24.5 Å². The fourth-order valence-corrected chi connectivity index (χ4v) is 2.59. The maximum Gasteiger partial charge on any atom is 0.316 e. The molecule has 0 saturated carbocycles. The Labute approximate surface area is 95.8 Å². The standard InChI is InChI=1S/C13H17NO2/c1-3-6-13(9-10(2)16-12(13)15)11-4-7-14-8-5-11/h4-5,7-8,10H,3,6,9H2,1-2H3/t10-,13+/m0/s1. The molecule has 0 amide bonds. The Morgan fingerprint density at radius 1 is 1.50 bits per heavy atom. The summed E-state index contributed by atoms with van der Waals surface area (Å²) in [4.78, 5) is 16.1.